The normalized spacial score (nSPS) is 13.0. The molecule has 116 valence electrons. The van der Waals surface area contributed by atoms with Gasteiger partial charge in [0.1, 0.15) is 6.04 Å². The molecular formula is C12H13F3N2O4. The van der Waals surface area contributed by atoms with E-state index in [1.54, 1.807) is 6.92 Å². The minimum absolute atomic E-state index is 0.00676. The van der Waals surface area contributed by atoms with E-state index in [4.69, 9.17) is 5.11 Å². The summed E-state index contributed by atoms with van der Waals surface area (Å²) < 4.78 is 37.6. The molecule has 0 radical (unpaired) electrons. The third-order valence-electron chi connectivity index (χ3n) is 2.85. The number of hydrogen-bond acceptors (Lipinski definition) is 4. The Labute approximate surface area is 117 Å². The van der Waals surface area contributed by atoms with Crippen molar-refractivity contribution in [3.8, 4) is 0 Å². The predicted molar refractivity (Wildman–Crippen MR) is 66.7 cm³/mol. The van der Waals surface area contributed by atoms with Gasteiger partial charge < -0.3 is 10.4 Å². The summed E-state index contributed by atoms with van der Waals surface area (Å²) in [5, 5.41) is 22.2. The van der Waals surface area contributed by atoms with Crippen molar-refractivity contribution in [1.29, 1.82) is 0 Å². The zero-order chi connectivity index (χ0) is 16.2. The fraction of sp³-hybridized carbons (Fsp3) is 0.417. The Morgan fingerprint density at radius 3 is 2.52 bits per heavy atom. The number of hydrogen-bond donors (Lipinski definition) is 2. The monoisotopic (exact) mass is 306 g/mol. The van der Waals surface area contributed by atoms with E-state index >= 15 is 0 Å². The van der Waals surface area contributed by atoms with Crippen LogP contribution in [0, 0.1) is 10.1 Å². The Morgan fingerprint density at radius 1 is 1.48 bits per heavy atom. The van der Waals surface area contributed by atoms with Gasteiger partial charge in [-0.25, -0.2) is 0 Å². The number of alkyl halides is 3. The Hall–Kier alpha value is -2.16. The van der Waals surface area contributed by atoms with Crippen LogP contribution in [0.4, 0.5) is 18.9 Å². The number of nitro benzene ring substituents is 1. The van der Waals surface area contributed by atoms with Crippen LogP contribution < -0.4 is 5.32 Å². The van der Waals surface area contributed by atoms with Gasteiger partial charge >= 0.3 is 12.1 Å². The van der Waals surface area contributed by atoms with Crippen LogP contribution in [0.5, 0.6) is 0 Å². The first-order valence-electron chi connectivity index (χ1n) is 5.97. The standard InChI is InChI=1S/C12H13F3N2O4/c1-2-9(11(18)19)16-6-7-3-4-8(12(13,14)15)5-10(7)17(20)21/h3-5,9,16H,2,6H2,1H3,(H,18,19). The van der Waals surface area contributed by atoms with Gasteiger partial charge in [0, 0.05) is 18.2 Å². The number of aliphatic carboxylic acids is 1. The van der Waals surface area contributed by atoms with E-state index in [2.05, 4.69) is 5.32 Å². The van der Waals surface area contributed by atoms with Crippen LogP contribution in [0.15, 0.2) is 18.2 Å². The molecule has 0 aliphatic carbocycles. The lowest BCUT2D eigenvalue weighted by Crippen LogP contribution is -2.35. The maximum atomic E-state index is 12.5. The van der Waals surface area contributed by atoms with Crippen molar-refractivity contribution in [1.82, 2.24) is 5.32 Å². The first kappa shape index (κ1) is 16.9. The van der Waals surface area contributed by atoms with Crippen molar-refractivity contribution in [3.63, 3.8) is 0 Å². The van der Waals surface area contributed by atoms with Crippen LogP contribution >= 0.6 is 0 Å². The Morgan fingerprint density at radius 2 is 2.10 bits per heavy atom. The average molecular weight is 306 g/mol. The lowest BCUT2D eigenvalue weighted by molar-refractivity contribution is -0.385. The van der Waals surface area contributed by atoms with Crippen molar-refractivity contribution in [2.75, 3.05) is 0 Å². The highest BCUT2D eigenvalue weighted by Crippen LogP contribution is 2.32. The van der Waals surface area contributed by atoms with Gasteiger partial charge in [0.15, 0.2) is 0 Å². The molecule has 1 rings (SSSR count). The number of nitrogens with one attached hydrogen (secondary N) is 1. The third kappa shape index (κ3) is 4.42. The zero-order valence-corrected chi connectivity index (χ0v) is 11.0. The fourth-order valence-corrected chi connectivity index (χ4v) is 1.70. The highest BCUT2D eigenvalue weighted by atomic mass is 19.4. The van der Waals surface area contributed by atoms with Crippen molar-refractivity contribution >= 4 is 11.7 Å². The molecule has 0 bridgehead atoms. The molecule has 0 saturated carbocycles. The Bertz CT molecular complexity index is 546. The number of carboxylic acids is 1. The quantitative estimate of drug-likeness (QED) is 0.622. The number of nitrogens with zero attached hydrogens (tertiary/aromatic N) is 1. The molecule has 9 heteroatoms. The van der Waals surface area contributed by atoms with Crippen LogP contribution in [0.3, 0.4) is 0 Å². The SMILES string of the molecule is CCC(NCc1ccc(C(F)(F)F)cc1[N+](=O)[O-])C(=O)O. The molecular weight excluding hydrogens is 293 g/mol. The molecule has 21 heavy (non-hydrogen) atoms. The summed E-state index contributed by atoms with van der Waals surface area (Å²) in [4.78, 5) is 20.7. The molecule has 0 heterocycles. The van der Waals surface area contributed by atoms with Crippen molar-refractivity contribution < 1.29 is 28.0 Å². The molecule has 0 saturated heterocycles. The molecule has 0 spiro atoms. The fourth-order valence-electron chi connectivity index (χ4n) is 1.70. The van der Waals surface area contributed by atoms with Gasteiger partial charge in [-0.2, -0.15) is 13.2 Å². The summed E-state index contributed by atoms with van der Waals surface area (Å²) in [6.45, 7) is 1.40. The first-order chi connectivity index (χ1) is 9.66. The average Bonchev–Trinajstić information content (AvgIpc) is 2.37. The van der Waals surface area contributed by atoms with Crippen LogP contribution in [0.1, 0.15) is 24.5 Å². The number of carboxylic acid groups (broad SMARTS) is 1. The minimum Gasteiger partial charge on any atom is -0.480 e. The van der Waals surface area contributed by atoms with Crippen molar-refractivity contribution in [3.05, 3.63) is 39.4 Å². The predicted octanol–water partition coefficient (Wildman–Crippen LogP) is 2.57. The summed E-state index contributed by atoms with van der Waals surface area (Å²) in [6, 6.07) is 1.22. The molecule has 0 aromatic heterocycles. The lowest BCUT2D eigenvalue weighted by Gasteiger charge is -2.13. The molecule has 0 aliphatic rings. The maximum absolute atomic E-state index is 12.5. The van der Waals surface area contributed by atoms with Gasteiger partial charge in [-0.3, -0.25) is 14.9 Å². The summed E-state index contributed by atoms with van der Waals surface area (Å²) in [5.41, 5.74) is -1.83. The lowest BCUT2D eigenvalue weighted by atomic mass is 10.1. The number of nitro groups is 1. The first-order valence-corrected chi connectivity index (χ1v) is 5.97. The summed E-state index contributed by atoms with van der Waals surface area (Å²) >= 11 is 0. The van der Waals surface area contributed by atoms with Crippen molar-refractivity contribution in [2.45, 2.75) is 32.1 Å². The highest BCUT2D eigenvalue weighted by Gasteiger charge is 2.33. The van der Waals surface area contributed by atoms with Crippen LogP contribution in [0.25, 0.3) is 0 Å². The second-order valence-electron chi connectivity index (χ2n) is 4.28. The summed E-state index contributed by atoms with van der Waals surface area (Å²) in [6.07, 6.45) is -4.44. The molecule has 1 unspecified atom stereocenters. The molecule has 6 nitrogen and oxygen atoms in total. The highest BCUT2D eigenvalue weighted by molar-refractivity contribution is 5.73. The maximum Gasteiger partial charge on any atom is 0.416 e. The molecule has 1 aromatic carbocycles. The molecule has 1 aromatic rings. The van der Waals surface area contributed by atoms with E-state index < -0.39 is 34.4 Å². The van der Waals surface area contributed by atoms with Crippen LogP contribution in [0.2, 0.25) is 0 Å². The number of rotatable bonds is 6. The van der Waals surface area contributed by atoms with E-state index in [-0.39, 0.29) is 18.5 Å². The largest absolute Gasteiger partial charge is 0.480 e. The minimum atomic E-state index is -4.68. The second-order valence-corrected chi connectivity index (χ2v) is 4.28. The topological polar surface area (TPSA) is 92.5 Å². The van der Waals surface area contributed by atoms with Gasteiger partial charge in [-0.1, -0.05) is 13.0 Å². The van der Waals surface area contributed by atoms with E-state index in [1.807, 2.05) is 0 Å². The van der Waals surface area contributed by atoms with Crippen molar-refractivity contribution in [2.24, 2.45) is 0 Å². The molecule has 0 aliphatic heterocycles. The number of halogens is 3. The summed E-state index contributed by atoms with van der Waals surface area (Å²) in [5.74, 6) is -1.13. The Balaban J connectivity index is 3.02. The van der Waals surface area contributed by atoms with Gasteiger partial charge in [-0.15, -0.1) is 0 Å². The zero-order valence-electron chi connectivity index (χ0n) is 11.0. The number of carbonyl (C=O) groups is 1. The van der Waals surface area contributed by atoms with Gasteiger partial charge in [-0.05, 0) is 12.5 Å². The van der Waals surface area contributed by atoms with E-state index in [0.717, 1.165) is 12.1 Å². The molecule has 0 amide bonds. The smallest absolute Gasteiger partial charge is 0.416 e. The third-order valence-corrected chi connectivity index (χ3v) is 2.85. The van der Waals surface area contributed by atoms with E-state index in [9.17, 15) is 28.1 Å². The molecule has 2 N–H and O–H groups in total. The second kappa shape index (κ2) is 6.53. The number of benzene rings is 1. The van der Waals surface area contributed by atoms with E-state index in [0.29, 0.717) is 6.07 Å². The summed E-state index contributed by atoms with van der Waals surface area (Å²) in [7, 11) is 0. The van der Waals surface area contributed by atoms with E-state index in [1.165, 1.54) is 0 Å². The van der Waals surface area contributed by atoms with Crippen LogP contribution in [-0.4, -0.2) is 22.0 Å². The van der Waals surface area contributed by atoms with Crippen LogP contribution in [-0.2, 0) is 17.5 Å². The van der Waals surface area contributed by atoms with Gasteiger partial charge in [0.2, 0.25) is 0 Å². The van der Waals surface area contributed by atoms with Gasteiger partial charge in [0.05, 0.1) is 10.5 Å². The Kier molecular flexibility index (Phi) is 5.25. The van der Waals surface area contributed by atoms with Gasteiger partial charge in [0.25, 0.3) is 5.69 Å². The molecule has 0 fully saturated rings. The molecule has 1 atom stereocenters.